The number of ether oxygens (including phenoxy) is 1. The lowest BCUT2D eigenvalue weighted by Gasteiger charge is -2.39. The molecule has 0 bridgehead atoms. The van der Waals surface area contributed by atoms with E-state index >= 15 is 0 Å². The molecule has 0 aliphatic carbocycles. The minimum atomic E-state index is 0.0435. The van der Waals surface area contributed by atoms with E-state index in [0.29, 0.717) is 0 Å². The van der Waals surface area contributed by atoms with E-state index in [0.717, 1.165) is 64.7 Å². The van der Waals surface area contributed by atoms with Gasteiger partial charge in [-0.05, 0) is 39.2 Å². The molecule has 7 nitrogen and oxygen atoms in total. The summed E-state index contributed by atoms with van der Waals surface area (Å²) >= 11 is 0. The van der Waals surface area contributed by atoms with Gasteiger partial charge >= 0.3 is 0 Å². The molecular weight excluding hydrogens is 316 g/mol. The van der Waals surface area contributed by atoms with E-state index in [4.69, 9.17) is 9.73 Å². The fraction of sp³-hybridized carbons (Fsp3) is 0.778. The first-order chi connectivity index (χ1) is 12.0. The van der Waals surface area contributed by atoms with Crippen LogP contribution in [0.15, 0.2) is 17.4 Å². The molecule has 25 heavy (non-hydrogen) atoms. The number of guanidine groups is 1. The van der Waals surface area contributed by atoms with Gasteiger partial charge in [-0.15, -0.1) is 0 Å². The van der Waals surface area contributed by atoms with Crippen molar-refractivity contribution in [3.8, 4) is 0 Å². The maximum atomic E-state index is 5.45. The van der Waals surface area contributed by atoms with Gasteiger partial charge in [-0.3, -0.25) is 14.6 Å². The zero-order valence-corrected chi connectivity index (χ0v) is 16.2. The van der Waals surface area contributed by atoms with Gasteiger partial charge in [0.2, 0.25) is 0 Å². The summed E-state index contributed by atoms with van der Waals surface area (Å²) in [4.78, 5) is 7.27. The number of nitrogens with zero attached hydrogens (tertiary/aromatic N) is 4. The molecule has 7 heteroatoms. The molecule has 1 aliphatic rings. The first kappa shape index (κ1) is 19.7. The molecule has 0 atom stereocenters. The number of hydrogen-bond acceptors (Lipinski definition) is 4. The fourth-order valence-corrected chi connectivity index (χ4v) is 2.98. The first-order valence-corrected chi connectivity index (χ1v) is 9.34. The largest absolute Gasteiger partial charge is 0.379 e. The van der Waals surface area contributed by atoms with Gasteiger partial charge in [0.15, 0.2) is 5.96 Å². The average Bonchev–Trinajstić information content (AvgIpc) is 3.02. The molecule has 0 aromatic carbocycles. The maximum Gasteiger partial charge on any atom is 0.191 e. The first-order valence-electron chi connectivity index (χ1n) is 9.34. The van der Waals surface area contributed by atoms with Gasteiger partial charge < -0.3 is 15.4 Å². The van der Waals surface area contributed by atoms with Crippen LogP contribution in [0.2, 0.25) is 0 Å². The van der Waals surface area contributed by atoms with Gasteiger partial charge in [-0.2, -0.15) is 5.10 Å². The second-order valence-electron chi connectivity index (χ2n) is 7.16. The number of morpholine rings is 1. The third kappa shape index (κ3) is 6.66. The minimum Gasteiger partial charge on any atom is -0.379 e. The van der Waals surface area contributed by atoms with Crippen LogP contribution < -0.4 is 10.6 Å². The standard InChI is InChI=1S/C18H34N6O/c1-5-19-17(20-8-6-7-16-13-22-23(4)14-16)21-15-18(2,3)24-9-11-25-12-10-24/h13-14H,5-12,15H2,1-4H3,(H2,19,20,21). The van der Waals surface area contributed by atoms with Gasteiger partial charge in [0.05, 0.1) is 26.0 Å². The van der Waals surface area contributed by atoms with Crippen molar-refractivity contribution >= 4 is 5.96 Å². The third-order valence-electron chi connectivity index (χ3n) is 4.53. The van der Waals surface area contributed by atoms with Gasteiger partial charge in [0.25, 0.3) is 0 Å². The molecule has 142 valence electrons. The highest BCUT2D eigenvalue weighted by molar-refractivity contribution is 5.79. The molecular formula is C18H34N6O. The SMILES string of the molecule is CCNC(=NCC(C)(C)N1CCOCC1)NCCCc1cnn(C)c1. The molecule has 1 saturated heterocycles. The van der Waals surface area contributed by atoms with E-state index in [1.807, 2.05) is 17.9 Å². The van der Waals surface area contributed by atoms with Gasteiger partial charge in [-0.25, -0.2) is 0 Å². The number of aliphatic imine (C=N–C) groups is 1. The summed E-state index contributed by atoms with van der Waals surface area (Å²) in [6.45, 7) is 12.8. The van der Waals surface area contributed by atoms with Crippen LogP contribution in [0.3, 0.4) is 0 Å². The zero-order chi connectivity index (χ0) is 18.1. The fourth-order valence-electron chi connectivity index (χ4n) is 2.98. The molecule has 2 rings (SSSR count). The Morgan fingerprint density at radius 3 is 2.72 bits per heavy atom. The number of nitrogens with one attached hydrogen (secondary N) is 2. The highest BCUT2D eigenvalue weighted by Gasteiger charge is 2.28. The zero-order valence-electron chi connectivity index (χ0n) is 16.2. The number of hydrogen-bond donors (Lipinski definition) is 2. The van der Waals surface area contributed by atoms with Gasteiger partial charge in [-0.1, -0.05) is 0 Å². The Bertz CT molecular complexity index is 533. The highest BCUT2D eigenvalue weighted by Crippen LogP contribution is 2.16. The average molecular weight is 351 g/mol. The van der Waals surface area contributed by atoms with E-state index in [1.54, 1.807) is 0 Å². The van der Waals surface area contributed by atoms with Crippen LogP contribution in [0.1, 0.15) is 32.8 Å². The molecule has 0 saturated carbocycles. The molecule has 0 amide bonds. The number of rotatable bonds is 8. The highest BCUT2D eigenvalue weighted by atomic mass is 16.5. The molecule has 0 unspecified atom stereocenters. The molecule has 1 fully saturated rings. The number of aromatic nitrogens is 2. The Morgan fingerprint density at radius 2 is 2.08 bits per heavy atom. The van der Waals surface area contributed by atoms with Crippen molar-refractivity contribution in [3.63, 3.8) is 0 Å². The van der Waals surface area contributed by atoms with Gasteiger partial charge in [0, 0.05) is 45.0 Å². The Hall–Kier alpha value is -1.60. The lowest BCUT2D eigenvalue weighted by atomic mass is 10.0. The maximum absolute atomic E-state index is 5.45. The predicted octanol–water partition coefficient (Wildman–Crippen LogP) is 1.02. The topological polar surface area (TPSA) is 66.7 Å². The molecule has 1 aliphatic heterocycles. The predicted molar refractivity (Wildman–Crippen MR) is 102 cm³/mol. The lowest BCUT2D eigenvalue weighted by Crippen LogP contribution is -2.52. The van der Waals surface area contributed by atoms with Crippen molar-refractivity contribution in [1.82, 2.24) is 25.3 Å². The van der Waals surface area contributed by atoms with Crippen molar-refractivity contribution in [2.45, 2.75) is 39.2 Å². The normalized spacial score (nSPS) is 16.9. The lowest BCUT2D eigenvalue weighted by molar-refractivity contribution is -0.00683. The van der Waals surface area contributed by atoms with Crippen LogP contribution in [0.4, 0.5) is 0 Å². The van der Waals surface area contributed by atoms with Crippen LogP contribution >= 0.6 is 0 Å². The minimum absolute atomic E-state index is 0.0435. The summed E-state index contributed by atoms with van der Waals surface area (Å²) in [6, 6.07) is 0. The summed E-state index contributed by atoms with van der Waals surface area (Å²) in [5, 5.41) is 11.0. The Labute approximate surface area is 151 Å². The van der Waals surface area contributed by atoms with Crippen molar-refractivity contribution < 1.29 is 4.74 Å². The number of aryl methyl sites for hydroxylation is 2. The van der Waals surface area contributed by atoms with Crippen molar-refractivity contribution in [1.29, 1.82) is 0 Å². The molecule has 0 radical (unpaired) electrons. The van der Waals surface area contributed by atoms with E-state index in [-0.39, 0.29) is 5.54 Å². The van der Waals surface area contributed by atoms with Crippen LogP contribution in [0.25, 0.3) is 0 Å². The molecule has 2 N–H and O–H groups in total. The van der Waals surface area contributed by atoms with Crippen LogP contribution in [-0.2, 0) is 18.2 Å². The smallest absolute Gasteiger partial charge is 0.191 e. The second-order valence-corrected chi connectivity index (χ2v) is 7.16. The van der Waals surface area contributed by atoms with E-state index in [1.165, 1.54) is 5.56 Å². The summed E-state index contributed by atoms with van der Waals surface area (Å²) in [5.41, 5.74) is 1.32. The summed E-state index contributed by atoms with van der Waals surface area (Å²) < 4.78 is 7.30. The quantitative estimate of drug-likeness (QED) is 0.416. The molecule has 1 aromatic heterocycles. The molecule has 0 spiro atoms. The van der Waals surface area contributed by atoms with E-state index in [2.05, 4.69) is 47.6 Å². The van der Waals surface area contributed by atoms with Gasteiger partial charge in [0.1, 0.15) is 0 Å². The summed E-state index contributed by atoms with van der Waals surface area (Å²) in [6.07, 6.45) is 6.09. The molecule has 1 aromatic rings. The Kier molecular flexibility index (Phi) is 7.71. The summed E-state index contributed by atoms with van der Waals surface area (Å²) in [5.74, 6) is 0.898. The van der Waals surface area contributed by atoms with E-state index in [9.17, 15) is 0 Å². The molecule has 2 heterocycles. The van der Waals surface area contributed by atoms with Crippen molar-refractivity contribution in [2.24, 2.45) is 12.0 Å². The van der Waals surface area contributed by atoms with Crippen LogP contribution in [-0.4, -0.2) is 72.1 Å². The Balaban J connectivity index is 1.78. The van der Waals surface area contributed by atoms with E-state index < -0.39 is 0 Å². The van der Waals surface area contributed by atoms with Crippen LogP contribution in [0, 0.1) is 0 Å². The second kappa shape index (κ2) is 9.77. The third-order valence-corrected chi connectivity index (χ3v) is 4.53. The van der Waals surface area contributed by atoms with Crippen molar-refractivity contribution in [2.75, 3.05) is 45.9 Å². The van der Waals surface area contributed by atoms with Crippen LogP contribution in [0.5, 0.6) is 0 Å². The Morgan fingerprint density at radius 1 is 1.32 bits per heavy atom. The van der Waals surface area contributed by atoms with Crippen molar-refractivity contribution in [3.05, 3.63) is 18.0 Å². The summed E-state index contributed by atoms with van der Waals surface area (Å²) in [7, 11) is 1.95. The monoisotopic (exact) mass is 350 g/mol.